The van der Waals surface area contributed by atoms with E-state index in [1.54, 1.807) is 0 Å². The molecule has 13 heteroatoms. The highest BCUT2D eigenvalue weighted by molar-refractivity contribution is 7.14. The molecule has 0 bridgehead atoms. The number of halogens is 4. The Morgan fingerprint density at radius 3 is 2.62 bits per heavy atom. The Kier molecular flexibility index (Phi) is 6.04. The number of aromatic nitrogens is 4. The van der Waals surface area contributed by atoms with E-state index in [1.807, 2.05) is 0 Å². The Hall–Kier alpha value is -3.51. The summed E-state index contributed by atoms with van der Waals surface area (Å²) in [6.45, 7) is 0. The number of nitrogens with one attached hydrogen (secondary N) is 1. The lowest BCUT2D eigenvalue weighted by atomic mass is 10.1. The number of carbonyl (C=O) groups is 1. The summed E-state index contributed by atoms with van der Waals surface area (Å²) in [7, 11) is 2.83. The van der Waals surface area contributed by atoms with Gasteiger partial charge in [0.2, 0.25) is 5.91 Å². The monoisotopic (exact) mass is 509 g/mol. The zero-order valence-electron chi connectivity index (χ0n) is 17.6. The fraction of sp³-hybridized carbons (Fsp3) is 0.190. The average molecular weight is 510 g/mol. The molecule has 176 valence electrons. The second-order valence-corrected chi connectivity index (χ2v) is 8.62. The molecule has 0 aliphatic carbocycles. The molecule has 0 aliphatic rings. The van der Waals surface area contributed by atoms with Gasteiger partial charge in [-0.15, -0.1) is 11.3 Å². The van der Waals surface area contributed by atoms with Crippen LogP contribution in [-0.2, 0) is 31.5 Å². The quantitative estimate of drug-likeness (QED) is 0.453. The van der Waals surface area contributed by atoms with Gasteiger partial charge in [-0.3, -0.25) is 23.7 Å². The highest BCUT2D eigenvalue weighted by Crippen LogP contribution is 2.37. The van der Waals surface area contributed by atoms with Gasteiger partial charge >= 0.3 is 11.9 Å². The first-order chi connectivity index (χ1) is 16.0. The number of nitrogens with zero attached hydrogens (tertiary/aromatic N) is 4. The molecule has 3 heterocycles. The summed E-state index contributed by atoms with van der Waals surface area (Å²) in [6, 6.07) is 3.43. The van der Waals surface area contributed by atoms with E-state index in [0.717, 1.165) is 28.0 Å². The zero-order valence-corrected chi connectivity index (χ0v) is 19.2. The number of amides is 1. The zero-order chi connectivity index (χ0) is 24.8. The smallest absolute Gasteiger partial charge is 0.302 e. The normalized spacial score (nSPS) is 11.7. The van der Waals surface area contributed by atoms with Crippen LogP contribution >= 0.6 is 22.9 Å². The summed E-state index contributed by atoms with van der Waals surface area (Å²) in [5.41, 5.74) is -1.03. The number of anilines is 1. The lowest BCUT2D eigenvalue weighted by Gasteiger charge is -2.10. The minimum atomic E-state index is -4.62. The van der Waals surface area contributed by atoms with Gasteiger partial charge in [0.05, 0.1) is 39.8 Å². The molecular weight excluding hydrogens is 495 g/mol. The largest absolute Gasteiger partial charge is 0.417 e. The van der Waals surface area contributed by atoms with Crippen LogP contribution < -0.4 is 16.6 Å². The van der Waals surface area contributed by atoms with Crippen LogP contribution in [0.1, 0.15) is 11.1 Å². The summed E-state index contributed by atoms with van der Waals surface area (Å²) >= 11 is 6.69. The molecule has 0 aliphatic heterocycles. The van der Waals surface area contributed by atoms with Crippen LogP contribution in [0.4, 0.5) is 18.3 Å². The Morgan fingerprint density at radius 2 is 1.91 bits per heavy atom. The lowest BCUT2D eigenvalue weighted by molar-refractivity contribution is -0.137. The predicted molar refractivity (Wildman–Crippen MR) is 122 cm³/mol. The van der Waals surface area contributed by atoms with E-state index in [1.165, 1.54) is 42.5 Å². The van der Waals surface area contributed by atoms with E-state index in [0.29, 0.717) is 5.56 Å². The van der Waals surface area contributed by atoms with Crippen molar-refractivity contribution in [2.45, 2.75) is 12.6 Å². The van der Waals surface area contributed by atoms with Crippen molar-refractivity contribution >= 4 is 44.9 Å². The summed E-state index contributed by atoms with van der Waals surface area (Å²) in [6.07, 6.45) is -2.11. The van der Waals surface area contributed by atoms with Gasteiger partial charge in [-0.1, -0.05) is 17.7 Å². The molecule has 34 heavy (non-hydrogen) atoms. The Labute approximate surface area is 198 Å². The van der Waals surface area contributed by atoms with Gasteiger partial charge in [0.25, 0.3) is 5.56 Å². The molecule has 0 spiro atoms. The number of hydrogen-bond donors (Lipinski definition) is 1. The van der Waals surface area contributed by atoms with Crippen molar-refractivity contribution in [1.82, 2.24) is 19.1 Å². The maximum absolute atomic E-state index is 13.1. The van der Waals surface area contributed by atoms with Crippen LogP contribution in [0.25, 0.3) is 22.2 Å². The summed E-state index contributed by atoms with van der Waals surface area (Å²) in [5, 5.41) is 4.01. The molecule has 1 aromatic carbocycles. The number of aryl methyl sites for hydroxylation is 1. The topological polar surface area (TPSA) is 98.9 Å². The maximum atomic E-state index is 13.1. The third-order valence-corrected chi connectivity index (χ3v) is 6.21. The molecule has 0 saturated heterocycles. The minimum Gasteiger partial charge on any atom is -0.302 e. The van der Waals surface area contributed by atoms with E-state index >= 15 is 0 Å². The minimum absolute atomic E-state index is 0.164. The second kappa shape index (κ2) is 8.69. The fourth-order valence-electron chi connectivity index (χ4n) is 3.41. The third kappa shape index (κ3) is 4.33. The Morgan fingerprint density at radius 1 is 1.18 bits per heavy atom. The molecule has 0 radical (unpaired) electrons. The molecule has 1 N–H and O–H groups in total. The number of fused-ring (bicyclic) bond motifs is 1. The van der Waals surface area contributed by atoms with E-state index in [2.05, 4.69) is 15.3 Å². The van der Waals surface area contributed by atoms with Crippen molar-refractivity contribution in [3.63, 3.8) is 0 Å². The molecule has 0 saturated carbocycles. The number of benzene rings is 1. The summed E-state index contributed by atoms with van der Waals surface area (Å²) < 4.78 is 41.6. The van der Waals surface area contributed by atoms with Crippen LogP contribution in [-0.4, -0.2) is 25.0 Å². The number of rotatable bonds is 4. The molecular formula is C21H15ClF3N5O3S. The third-order valence-electron chi connectivity index (χ3n) is 5.13. The van der Waals surface area contributed by atoms with Crippen molar-refractivity contribution in [1.29, 1.82) is 0 Å². The van der Waals surface area contributed by atoms with Gasteiger partial charge in [0.1, 0.15) is 0 Å². The highest BCUT2D eigenvalue weighted by Gasteiger charge is 2.33. The molecule has 0 atom stereocenters. The van der Waals surface area contributed by atoms with Crippen LogP contribution in [0.5, 0.6) is 0 Å². The Bertz CT molecular complexity index is 1560. The Balaban J connectivity index is 1.59. The number of thiazole rings is 1. The first kappa shape index (κ1) is 23.6. The second-order valence-electron chi connectivity index (χ2n) is 7.35. The average Bonchev–Trinajstić information content (AvgIpc) is 3.23. The van der Waals surface area contributed by atoms with Crippen molar-refractivity contribution < 1.29 is 18.0 Å². The first-order valence-corrected chi connectivity index (χ1v) is 10.9. The van der Waals surface area contributed by atoms with Gasteiger partial charge in [0, 0.05) is 31.2 Å². The van der Waals surface area contributed by atoms with Crippen molar-refractivity contribution in [2.75, 3.05) is 5.32 Å². The van der Waals surface area contributed by atoms with E-state index in [4.69, 9.17) is 11.6 Å². The van der Waals surface area contributed by atoms with E-state index < -0.39 is 33.9 Å². The van der Waals surface area contributed by atoms with Crippen molar-refractivity contribution in [3.05, 3.63) is 73.0 Å². The highest BCUT2D eigenvalue weighted by atomic mass is 35.5. The first-order valence-electron chi connectivity index (χ1n) is 9.62. The van der Waals surface area contributed by atoms with Crippen LogP contribution in [0.3, 0.4) is 0 Å². The molecule has 0 fully saturated rings. The standard InChI is InChI=1S/C21H15ClF3N5O3S/c1-29-15-8-26-7-11(17(15)18(32)30(2)20(29)33)6-16(31)28-19-27-14(9-34-19)10-3-4-13(22)12(5-10)21(23,24)25/h3-5,7-9H,6H2,1-2H3,(H,27,28,31). The lowest BCUT2D eigenvalue weighted by Crippen LogP contribution is -2.37. The molecule has 8 nitrogen and oxygen atoms in total. The van der Waals surface area contributed by atoms with Crippen LogP contribution in [0, 0.1) is 0 Å². The van der Waals surface area contributed by atoms with Crippen molar-refractivity contribution in [2.24, 2.45) is 14.1 Å². The molecule has 4 aromatic rings. The number of carbonyl (C=O) groups excluding carboxylic acids is 1. The maximum Gasteiger partial charge on any atom is 0.417 e. The number of hydrogen-bond acceptors (Lipinski definition) is 6. The summed E-state index contributed by atoms with van der Waals surface area (Å²) in [4.78, 5) is 45.6. The molecule has 0 unspecified atom stereocenters. The number of pyridine rings is 1. The summed E-state index contributed by atoms with van der Waals surface area (Å²) in [5.74, 6) is -0.516. The van der Waals surface area contributed by atoms with Gasteiger partial charge in [-0.05, 0) is 17.7 Å². The molecule has 3 aromatic heterocycles. The van der Waals surface area contributed by atoms with E-state index in [-0.39, 0.29) is 33.7 Å². The van der Waals surface area contributed by atoms with Gasteiger partial charge in [-0.2, -0.15) is 13.2 Å². The molecule has 4 rings (SSSR count). The van der Waals surface area contributed by atoms with Gasteiger partial charge in [-0.25, -0.2) is 9.78 Å². The van der Waals surface area contributed by atoms with Gasteiger partial charge in [0.15, 0.2) is 5.13 Å². The number of alkyl halides is 3. The van der Waals surface area contributed by atoms with E-state index in [9.17, 15) is 27.6 Å². The van der Waals surface area contributed by atoms with Crippen LogP contribution in [0.15, 0.2) is 45.6 Å². The van der Waals surface area contributed by atoms with Crippen LogP contribution in [0.2, 0.25) is 5.02 Å². The molecule has 1 amide bonds. The fourth-order valence-corrected chi connectivity index (χ4v) is 4.37. The van der Waals surface area contributed by atoms with Gasteiger partial charge < -0.3 is 5.32 Å². The SMILES string of the molecule is Cn1c(=O)c2c(CC(=O)Nc3nc(-c4ccc(Cl)c(C(F)(F)F)c4)cs3)cncc2n(C)c1=O. The van der Waals surface area contributed by atoms with Crippen molar-refractivity contribution in [3.8, 4) is 11.3 Å². The predicted octanol–water partition coefficient (Wildman–Crippen LogP) is 3.61.